The van der Waals surface area contributed by atoms with Gasteiger partial charge in [0, 0.05) is 4.88 Å². The summed E-state index contributed by atoms with van der Waals surface area (Å²) >= 11 is 1.33. The average Bonchev–Trinajstić information content (AvgIpc) is 3.20. The van der Waals surface area contributed by atoms with Crippen LogP contribution in [0.25, 0.3) is 10.4 Å². The molecule has 0 fully saturated rings. The molecule has 2 aromatic carbocycles. The van der Waals surface area contributed by atoms with Crippen molar-refractivity contribution in [2.75, 3.05) is 11.0 Å². The molecule has 1 aromatic heterocycles. The van der Waals surface area contributed by atoms with Crippen LogP contribution >= 0.6 is 11.3 Å². The molecule has 0 aliphatic heterocycles. The minimum atomic E-state index is -3.84. The van der Waals surface area contributed by atoms with Gasteiger partial charge in [0.2, 0.25) is 10.0 Å². The fourth-order valence-corrected chi connectivity index (χ4v) is 4.61. The second-order valence-electron chi connectivity index (χ2n) is 7.87. The maximum Gasteiger partial charge on any atom is 0.261 e. The third-order valence-electron chi connectivity index (χ3n) is 4.87. The van der Waals surface area contributed by atoms with Gasteiger partial charge < -0.3 is 5.32 Å². The largest absolute Gasteiger partial charge is 0.345 e. The van der Waals surface area contributed by atoms with Crippen LogP contribution in [-0.2, 0) is 10.0 Å². The molecule has 3 aromatic rings. The van der Waals surface area contributed by atoms with Crippen molar-refractivity contribution in [3.8, 4) is 10.4 Å². The summed E-state index contributed by atoms with van der Waals surface area (Å²) in [6.07, 6.45) is 0.803. The molecular weight excluding hydrogens is 454 g/mol. The zero-order chi connectivity index (χ0) is 23.6. The molecule has 0 aliphatic rings. The minimum absolute atomic E-state index is 0.175. The van der Waals surface area contributed by atoms with E-state index in [1.54, 1.807) is 13.0 Å². The lowest BCUT2D eigenvalue weighted by Gasteiger charge is -2.16. The standard InChI is InChI=1S/C23H24F2N2O3S2/c1-13(2)15-6-5-7-16(10-15)20-8-9-21(31-20)23(28)26-14(3)17-11-18(24)22(19(25)12-17)27-32(4,29)30/h5-14,27H,1-4H3,(H,26,28). The van der Waals surface area contributed by atoms with E-state index in [-0.39, 0.29) is 11.5 Å². The highest BCUT2D eigenvalue weighted by molar-refractivity contribution is 7.92. The lowest BCUT2D eigenvalue weighted by molar-refractivity contribution is 0.0944. The number of benzene rings is 2. The fourth-order valence-electron chi connectivity index (χ4n) is 3.14. The normalized spacial score (nSPS) is 12.6. The number of carbonyl (C=O) groups is 1. The number of anilines is 1. The lowest BCUT2D eigenvalue weighted by atomic mass is 10.0. The molecule has 0 saturated heterocycles. The van der Waals surface area contributed by atoms with Crippen molar-refractivity contribution in [3.63, 3.8) is 0 Å². The summed E-state index contributed by atoms with van der Waals surface area (Å²) in [6.45, 7) is 5.82. The van der Waals surface area contributed by atoms with Gasteiger partial charge in [-0.3, -0.25) is 9.52 Å². The average molecular weight is 479 g/mol. The molecule has 0 radical (unpaired) electrons. The van der Waals surface area contributed by atoms with Gasteiger partial charge in [0.25, 0.3) is 5.91 Å². The number of thiophene rings is 1. The molecule has 0 spiro atoms. The number of amides is 1. The molecule has 32 heavy (non-hydrogen) atoms. The fraction of sp³-hybridized carbons (Fsp3) is 0.261. The zero-order valence-corrected chi connectivity index (χ0v) is 19.7. The molecule has 170 valence electrons. The quantitative estimate of drug-likeness (QED) is 0.459. The summed E-state index contributed by atoms with van der Waals surface area (Å²) in [4.78, 5) is 14.1. The van der Waals surface area contributed by atoms with Crippen LogP contribution in [0.2, 0.25) is 0 Å². The van der Waals surface area contributed by atoms with E-state index in [2.05, 4.69) is 31.3 Å². The molecule has 0 bridgehead atoms. The summed E-state index contributed by atoms with van der Waals surface area (Å²) < 4.78 is 52.9. The van der Waals surface area contributed by atoms with Crippen LogP contribution in [0.3, 0.4) is 0 Å². The highest BCUT2D eigenvalue weighted by Crippen LogP contribution is 2.31. The first-order chi connectivity index (χ1) is 14.9. The van der Waals surface area contributed by atoms with Crippen LogP contribution < -0.4 is 10.0 Å². The third kappa shape index (κ3) is 5.72. The Balaban J connectivity index is 1.76. The molecule has 2 N–H and O–H groups in total. The Morgan fingerprint density at radius 2 is 1.62 bits per heavy atom. The van der Waals surface area contributed by atoms with Gasteiger partial charge >= 0.3 is 0 Å². The van der Waals surface area contributed by atoms with E-state index in [0.29, 0.717) is 10.8 Å². The molecule has 1 atom stereocenters. The second kappa shape index (κ2) is 9.38. The zero-order valence-electron chi connectivity index (χ0n) is 18.1. The molecule has 0 aliphatic carbocycles. The Kier molecular flexibility index (Phi) is 7.00. The number of hydrogen-bond donors (Lipinski definition) is 2. The van der Waals surface area contributed by atoms with Gasteiger partial charge in [0.1, 0.15) is 5.69 Å². The van der Waals surface area contributed by atoms with Crippen LogP contribution in [0.4, 0.5) is 14.5 Å². The summed E-state index contributed by atoms with van der Waals surface area (Å²) in [6, 6.07) is 13.0. The summed E-state index contributed by atoms with van der Waals surface area (Å²) in [7, 11) is -3.84. The first-order valence-electron chi connectivity index (χ1n) is 9.92. The van der Waals surface area contributed by atoms with Crippen LogP contribution in [0, 0.1) is 11.6 Å². The van der Waals surface area contributed by atoms with E-state index >= 15 is 0 Å². The monoisotopic (exact) mass is 478 g/mol. The second-order valence-corrected chi connectivity index (χ2v) is 10.7. The third-order valence-corrected chi connectivity index (χ3v) is 6.58. The molecular formula is C23H24F2N2O3S2. The Labute approximate surface area is 190 Å². The topological polar surface area (TPSA) is 75.3 Å². The minimum Gasteiger partial charge on any atom is -0.345 e. The van der Waals surface area contributed by atoms with E-state index in [4.69, 9.17) is 0 Å². The van der Waals surface area contributed by atoms with Crippen LogP contribution in [0.15, 0.2) is 48.5 Å². The molecule has 9 heteroatoms. The van der Waals surface area contributed by atoms with E-state index in [9.17, 15) is 22.0 Å². The number of hydrogen-bond acceptors (Lipinski definition) is 4. The van der Waals surface area contributed by atoms with E-state index < -0.39 is 33.4 Å². The lowest BCUT2D eigenvalue weighted by Crippen LogP contribution is -2.26. The Morgan fingerprint density at radius 1 is 0.969 bits per heavy atom. The maximum atomic E-state index is 14.3. The van der Waals surface area contributed by atoms with Crippen molar-refractivity contribution in [2.45, 2.75) is 32.7 Å². The van der Waals surface area contributed by atoms with Crippen LogP contribution in [0.1, 0.15) is 53.5 Å². The van der Waals surface area contributed by atoms with Crippen molar-refractivity contribution in [1.29, 1.82) is 0 Å². The van der Waals surface area contributed by atoms with Gasteiger partial charge in [-0.15, -0.1) is 11.3 Å². The van der Waals surface area contributed by atoms with Gasteiger partial charge in [-0.05, 0) is 53.8 Å². The SMILES string of the molecule is CC(C)c1cccc(-c2ccc(C(=O)NC(C)c3cc(F)c(NS(C)(=O)=O)c(F)c3)s2)c1. The first kappa shape index (κ1) is 23.9. The number of carbonyl (C=O) groups excluding carboxylic acids is 1. The van der Waals surface area contributed by atoms with Crippen LogP contribution in [0.5, 0.6) is 0 Å². The van der Waals surface area contributed by atoms with Gasteiger partial charge in [-0.25, -0.2) is 17.2 Å². The Hall–Kier alpha value is -2.78. The predicted molar refractivity (Wildman–Crippen MR) is 125 cm³/mol. The Bertz CT molecular complexity index is 1230. The predicted octanol–water partition coefficient (Wildman–Crippen LogP) is 5.68. The van der Waals surface area contributed by atoms with Crippen molar-refractivity contribution in [1.82, 2.24) is 5.32 Å². The maximum absolute atomic E-state index is 14.3. The first-order valence-corrected chi connectivity index (χ1v) is 12.6. The summed E-state index contributed by atoms with van der Waals surface area (Å²) in [5.41, 5.74) is 1.65. The van der Waals surface area contributed by atoms with E-state index in [0.717, 1.165) is 28.8 Å². The van der Waals surface area contributed by atoms with Gasteiger partial charge in [-0.2, -0.15) is 0 Å². The smallest absolute Gasteiger partial charge is 0.261 e. The van der Waals surface area contributed by atoms with Gasteiger partial charge in [0.15, 0.2) is 11.6 Å². The van der Waals surface area contributed by atoms with E-state index in [1.807, 2.05) is 22.9 Å². The number of sulfonamides is 1. The number of halogens is 2. The molecule has 1 unspecified atom stereocenters. The number of rotatable bonds is 7. The Morgan fingerprint density at radius 3 is 2.22 bits per heavy atom. The van der Waals surface area contributed by atoms with Crippen molar-refractivity contribution >= 4 is 33.0 Å². The molecule has 0 saturated carbocycles. The molecule has 3 rings (SSSR count). The highest BCUT2D eigenvalue weighted by Gasteiger charge is 2.19. The molecule has 5 nitrogen and oxygen atoms in total. The van der Waals surface area contributed by atoms with Crippen LogP contribution in [-0.4, -0.2) is 20.6 Å². The van der Waals surface area contributed by atoms with Crippen molar-refractivity contribution in [2.24, 2.45) is 0 Å². The summed E-state index contributed by atoms with van der Waals surface area (Å²) in [5, 5.41) is 2.73. The van der Waals surface area contributed by atoms with Crippen molar-refractivity contribution in [3.05, 3.63) is 76.2 Å². The summed E-state index contributed by atoms with van der Waals surface area (Å²) in [5.74, 6) is -2.10. The van der Waals surface area contributed by atoms with Gasteiger partial charge in [0.05, 0.1) is 17.2 Å². The highest BCUT2D eigenvalue weighted by atomic mass is 32.2. The molecule has 1 heterocycles. The molecule has 1 amide bonds. The van der Waals surface area contributed by atoms with Crippen molar-refractivity contribution < 1.29 is 22.0 Å². The van der Waals surface area contributed by atoms with E-state index in [1.165, 1.54) is 16.9 Å². The van der Waals surface area contributed by atoms with Gasteiger partial charge in [-0.1, -0.05) is 38.1 Å². The number of nitrogens with one attached hydrogen (secondary N) is 2.